The predicted octanol–water partition coefficient (Wildman–Crippen LogP) is 3.85. The molecule has 6 nitrogen and oxygen atoms in total. The van der Waals surface area contributed by atoms with Gasteiger partial charge in [-0.1, -0.05) is 24.3 Å². The van der Waals surface area contributed by atoms with Crippen molar-refractivity contribution in [2.75, 3.05) is 33.6 Å². The number of rotatable bonds is 5. The van der Waals surface area contributed by atoms with E-state index in [4.69, 9.17) is 14.2 Å². The van der Waals surface area contributed by atoms with Crippen LogP contribution >= 0.6 is 0 Å². The third-order valence-electron chi connectivity index (χ3n) is 5.97. The normalized spacial score (nSPS) is 17.8. The number of hydrogen-bond acceptors (Lipinski definition) is 4. The largest absolute Gasteiger partial charge is 0.454 e. The summed E-state index contributed by atoms with van der Waals surface area (Å²) in [4.78, 5) is 4.27. The Morgan fingerprint density at radius 2 is 1.81 bits per heavy atom. The molecule has 32 heavy (non-hydrogen) atoms. The number of benzene rings is 2. The molecule has 0 spiro atoms. The summed E-state index contributed by atoms with van der Waals surface area (Å²) >= 11 is 0. The average molecular weight is 449 g/mol. The Morgan fingerprint density at radius 1 is 1.03 bits per heavy atom. The van der Waals surface area contributed by atoms with Crippen LogP contribution in [0.1, 0.15) is 29.5 Å². The van der Waals surface area contributed by atoms with Gasteiger partial charge in [-0.25, -0.2) is 0 Å². The minimum atomic E-state index is -4.38. The first-order chi connectivity index (χ1) is 15.4. The van der Waals surface area contributed by atoms with Crippen molar-refractivity contribution in [3.05, 3.63) is 59.2 Å². The summed E-state index contributed by atoms with van der Waals surface area (Å²) in [5.74, 6) is 2.00. The minimum absolute atomic E-state index is 0.219. The van der Waals surface area contributed by atoms with Crippen molar-refractivity contribution < 1.29 is 27.4 Å². The van der Waals surface area contributed by atoms with Gasteiger partial charge in [-0.2, -0.15) is 13.2 Å². The van der Waals surface area contributed by atoms with Crippen LogP contribution in [0.3, 0.4) is 0 Å². The average Bonchev–Trinajstić information content (AvgIpc) is 3.27. The van der Waals surface area contributed by atoms with E-state index in [1.807, 2.05) is 18.2 Å². The molecular formula is C23H26F3N3O3. The molecule has 2 heterocycles. The van der Waals surface area contributed by atoms with E-state index in [9.17, 15) is 13.2 Å². The number of fused-ring (bicyclic) bond motifs is 1. The standard InChI is InChI=1S/C23H26F3N3O3/c1-27-21(28-13-16-5-6-19-20(11-16)32-15-31-19)29-14-22(7-9-30-10-8-22)17-3-2-4-18(12-17)23(24,25)26/h2-6,11-12H,7-10,13-15H2,1H3,(H2,27,28,29). The molecule has 0 radical (unpaired) electrons. The molecule has 0 aliphatic carbocycles. The van der Waals surface area contributed by atoms with Gasteiger partial charge in [0.25, 0.3) is 0 Å². The zero-order valence-corrected chi connectivity index (χ0v) is 17.8. The molecule has 1 fully saturated rings. The second-order valence-electron chi connectivity index (χ2n) is 7.94. The van der Waals surface area contributed by atoms with E-state index in [0.29, 0.717) is 56.4 Å². The van der Waals surface area contributed by atoms with Crippen LogP contribution in [0.5, 0.6) is 11.5 Å². The molecule has 1 saturated heterocycles. The van der Waals surface area contributed by atoms with Crippen LogP contribution in [0.2, 0.25) is 0 Å². The van der Waals surface area contributed by atoms with E-state index >= 15 is 0 Å². The maximum absolute atomic E-state index is 13.3. The van der Waals surface area contributed by atoms with Crippen molar-refractivity contribution in [1.29, 1.82) is 0 Å². The van der Waals surface area contributed by atoms with E-state index < -0.39 is 17.2 Å². The Labute approximate surface area is 184 Å². The maximum atomic E-state index is 13.3. The Hall–Kier alpha value is -2.94. The highest BCUT2D eigenvalue weighted by Gasteiger charge is 2.37. The van der Waals surface area contributed by atoms with Gasteiger partial charge in [0.05, 0.1) is 5.56 Å². The van der Waals surface area contributed by atoms with Gasteiger partial charge in [0.1, 0.15) is 0 Å². The first-order valence-corrected chi connectivity index (χ1v) is 10.5. The molecule has 172 valence electrons. The third kappa shape index (κ3) is 4.93. The van der Waals surface area contributed by atoms with Gasteiger partial charge in [-0.3, -0.25) is 4.99 Å². The first kappa shape index (κ1) is 22.3. The fourth-order valence-electron chi connectivity index (χ4n) is 4.07. The van der Waals surface area contributed by atoms with Gasteiger partial charge in [-0.15, -0.1) is 0 Å². The molecule has 0 amide bonds. The zero-order chi connectivity index (χ0) is 22.6. The summed E-state index contributed by atoms with van der Waals surface area (Å²) in [7, 11) is 1.66. The second kappa shape index (κ2) is 9.28. The fraction of sp³-hybridized carbons (Fsp3) is 0.435. The summed E-state index contributed by atoms with van der Waals surface area (Å²) in [6.45, 7) is 2.17. The van der Waals surface area contributed by atoms with Crippen LogP contribution in [-0.2, 0) is 22.9 Å². The topological polar surface area (TPSA) is 64.1 Å². The van der Waals surface area contributed by atoms with E-state index in [2.05, 4.69) is 15.6 Å². The van der Waals surface area contributed by atoms with Gasteiger partial charge in [0.15, 0.2) is 17.5 Å². The van der Waals surface area contributed by atoms with Gasteiger partial charge in [0, 0.05) is 38.8 Å². The van der Waals surface area contributed by atoms with Crippen molar-refractivity contribution in [1.82, 2.24) is 10.6 Å². The number of nitrogens with one attached hydrogen (secondary N) is 2. The van der Waals surface area contributed by atoms with E-state index in [1.54, 1.807) is 13.1 Å². The Kier molecular flexibility index (Phi) is 6.45. The van der Waals surface area contributed by atoms with E-state index in [-0.39, 0.29) is 6.79 Å². The summed E-state index contributed by atoms with van der Waals surface area (Å²) < 4.78 is 56.1. The number of aliphatic imine (C=N–C) groups is 1. The van der Waals surface area contributed by atoms with Crippen LogP contribution in [0.25, 0.3) is 0 Å². The van der Waals surface area contributed by atoms with Crippen LogP contribution in [0, 0.1) is 0 Å². The molecule has 2 N–H and O–H groups in total. The van der Waals surface area contributed by atoms with Crippen LogP contribution in [0.15, 0.2) is 47.5 Å². The van der Waals surface area contributed by atoms with Crippen molar-refractivity contribution in [2.45, 2.75) is 31.0 Å². The molecule has 0 bridgehead atoms. The molecule has 2 aromatic carbocycles. The molecule has 0 aromatic heterocycles. The Balaban J connectivity index is 1.44. The van der Waals surface area contributed by atoms with Crippen LogP contribution in [0.4, 0.5) is 13.2 Å². The van der Waals surface area contributed by atoms with E-state index in [0.717, 1.165) is 17.4 Å². The van der Waals surface area contributed by atoms with Gasteiger partial charge in [-0.05, 0) is 42.2 Å². The smallest absolute Gasteiger partial charge is 0.416 e. The summed E-state index contributed by atoms with van der Waals surface area (Å²) in [5, 5.41) is 6.56. The number of nitrogens with zero attached hydrogens (tertiary/aromatic N) is 1. The summed E-state index contributed by atoms with van der Waals surface area (Å²) in [5.41, 5.74) is 0.548. The Morgan fingerprint density at radius 3 is 2.56 bits per heavy atom. The number of hydrogen-bond donors (Lipinski definition) is 2. The lowest BCUT2D eigenvalue weighted by Crippen LogP contribution is -2.48. The molecule has 2 aliphatic heterocycles. The lowest BCUT2D eigenvalue weighted by Gasteiger charge is -2.38. The highest BCUT2D eigenvalue weighted by molar-refractivity contribution is 5.79. The summed E-state index contributed by atoms with van der Waals surface area (Å²) in [6.07, 6.45) is -3.13. The fourth-order valence-corrected chi connectivity index (χ4v) is 4.07. The molecule has 2 aromatic rings. The zero-order valence-electron chi connectivity index (χ0n) is 17.8. The monoisotopic (exact) mass is 449 g/mol. The number of alkyl halides is 3. The lowest BCUT2D eigenvalue weighted by atomic mass is 9.73. The summed E-state index contributed by atoms with van der Waals surface area (Å²) in [6, 6.07) is 11.3. The van der Waals surface area contributed by atoms with Gasteiger partial charge in [0.2, 0.25) is 6.79 Å². The molecular weight excluding hydrogens is 423 g/mol. The van der Waals surface area contributed by atoms with Gasteiger partial charge >= 0.3 is 6.18 Å². The predicted molar refractivity (Wildman–Crippen MR) is 114 cm³/mol. The minimum Gasteiger partial charge on any atom is -0.454 e. The number of guanidine groups is 1. The van der Waals surface area contributed by atoms with Crippen molar-refractivity contribution in [2.24, 2.45) is 4.99 Å². The Bertz CT molecular complexity index is 972. The van der Waals surface area contributed by atoms with Crippen molar-refractivity contribution in [3.8, 4) is 11.5 Å². The maximum Gasteiger partial charge on any atom is 0.416 e. The van der Waals surface area contributed by atoms with Gasteiger partial charge < -0.3 is 24.8 Å². The third-order valence-corrected chi connectivity index (χ3v) is 5.97. The van der Waals surface area contributed by atoms with Crippen molar-refractivity contribution >= 4 is 5.96 Å². The molecule has 9 heteroatoms. The molecule has 0 atom stereocenters. The molecule has 0 saturated carbocycles. The first-order valence-electron chi connectivity index (χ1n) is 10.5. The quantitative estimate of drug-likeness (QED) is 0.536. The SMILES string of the molecule is CN=C(NCc1ccc2c(c1)OCO2)NCC1(c2cccc(C(F)(F)F)c2)CCOCC1. The highest BCUT2D eigenvalue weighted by Crippen LogP contribution is 2.38. The molecule has 0 unspecified atom stereocenters. The lowest BCUT2D eigenvalue weighted by molar-refractivity contribution is -0.137. The van der Waals surface area contributed by atoms with Crippen LogP contribution in [-0.4, -0.2) is 39.6 Å². The van der Waals surface area contributed by atoms with Crippen LogP contribution < -0.4 is 20.1 Å². The highest BCUT2D eigenvalue weighted by atomic mass is 19.4. The number of ether oxygens (including phenoxy) is 3. The van der Waals surface area contributed by atoms with E-state index in [1.165, 1.54) is 12.1 Å². The molecule has 2 aliphatic rings. The van der Waals surface area contributed by atoms with Crippen molar-refractivity contribution in [3.63, 3.8) is 0 Å². The molecule has 4 rings (SSSR count). The second-order valence-corrected chi connectivity index (χ2v) is 7.94. The number of halogens is 3.